The molecule has 1 aliphatic carbocycles. The zero-order valence-corrected chi connectivity index (χ0v) is 12.4. The SMILES string of the molecule is C=c1ccc(C2=CCCC(P)=C2)c/c1=C(/C)CC. The van der Waals surface area contributed by atoms with E-state index in [2.05, 4.69) is 60.0 Å². The number of rotatable bonds is 2. The van der Waals surface area contributed by atoms with E-state index in [1.807, 2.05) is 0 Å². The van der Waals surface area contributed by atoms with Gasteiger partial charge in [-0.15, -0.1) is 9.24 Å². The predicted molar refractivity (Wildman–Crippen MR) is 85.6 cm³/mol. The number of allylic oxidation sites excluding steroid dienone is 4. The molecule has 0 aromatic heterocycles. The molecule has 1 atom stereocenters. The maximum Gasteiger partial charge on any atom is -0.0181 e. The monoisotopic (exact) mass is 256 g/mol. The minimum Gasteiger partial charge on any atom is -0.110 e. The van der Waals surface area contributed by atoms with Crippen LogP contribution in [0.15, 0.2) is 35.7 Å². The molecule has 0 N–H and O–H groups in total. The Labute approximate surface area is 112 Å². The molecule has 0 amide bonds. The van der Waals surface area contributed by atoms with Crippen molar-refractivity contribution in [3.8, 4) is 0 Å². The van der Waals surface area contributed by atoms with Crippen LogP contribution in [0.3, 0.4) is 0 Å². The lowest BCUT2D eigenvalue weighted by atomic mass is 9.97. The van der Waals surface area contributed by atoms with Gasteiger partial charge in [0.2, 0.25) is 0 Å². The van der Waals surface area contributed by atoms with E-state index < -0.39 is 0 Å². The number of hydrogen-bond donors (Lipinski definition) is 0. The van der Waals surface area contributed by atoms with Gasteiger partial charge in [-0.2, -0.15) is 0 Å². The fraction of sp³-hybridized carbons (Fsp3) is 0.294. The highest BCUT2D eigenvalue weighted by molar-refractivity contribution is 7.22. The minimum atomic E-state index is 1.08. The fourth-order valence-corrected chi connectivity index (χ4v) is 2.62. The molecule has 0 fully saturated rings. The van der Waals surface area contributed by atoms with Crippen molar-refractivity contribution >= 4 is 27.0 Å². The molecular weight excluding hydrogens is 235 g/mol. The standard InChI is InChI=1S/C17H21P/c1-4-12(2)17-11-15(9-8-13(17)3)14-6-5-7-16(18)10-14/h6,8-11H,3-5,7,18H2,1-2H3/b17-12+. The van der Waals surface area contributed by atoms with Gasteiger partial charge in [0.05, 0.1) is 0 Å². The van der Waals surface area contributed by atoms with Crippen LogP contribution < -0.4 is 10.4 Å². The van der Waals surface area contributed by atoms with Gasteiger partial charge < -0.3 is 0 Å². The highest BCUT2D eigenvalue weighted by Gasteiger charge is 2.04. The molecule has 1 aliphatic rings. The van der Waals surface area contributed by atoms with Crippen LogP contribution in [0.2, 0.25) is 0 Å². The van der Waals surface area contributed by atoms with E-state index in [9.17, 15) is 0 Å². The first-order valence-electron chi connectivity index (χ1n) is 6.57. The zero-order valence-electron chi connectivity index (χ0n) is 11.3. The molecule has 0 aliphatic heterocycles. The van der Waals surface area contributed by atoms with Gasteiger partial charge in [0.15, 0.2) is 0 Å². The lowest BCUT2D eigenvalue weighted by molar-refractivity contribution is 1.02. The first-order chi connectivity index (χ1) is 8.61. The lowest BCUT2D eigenvalue weighted by Crippen LogP contribution is -2.25. The normalized spacial score (nSPS) is 17.1. The summed E-state index contributed by atoms with van der Waals surface area (Å²) in [6.07, 6.45) is 7.99. The van der Waals surface area contributed by atoms with Crippen molar-refractivity contribution in [1.82, 2.24) is 0 Å². The molecule has 0 spiro atoms. The molecule has 18 heavy (non-hydrogen) atoms. The Kier molecular flexibility index (Phi) is 4.19. The summed E-state index contributed by atoms with van der Waals surface area (Å²) in [5.74, 6) is 0. The Bertz CT molecular complexity index is 618. The maximum atomic E-state index is 4.13. The summed E-state index contributed by atoms with van der Waals surface area (Å²) >= 11 is 0. The van der Waals surface area contributed by atoms with Gasteiger partial charge in [0.25, 0.3) is 0 Å². The molecule has 2 rings (SSSR count). The van der Waals surface area contributed by atoms with Gasteiger partial charge >= 0.3 is 0 Å². The second-order valence-corrected chi connectivity index (χ2v) is 5.66. The molecule has 0 nitrogen and oxygen atoms in total. The molecule has 0 saturated heterocycles. The van der Waals surface area contributed by atoms with E-state index >= 15 is 0 Å². The van der Waals surface area contributed by atoms with E-state index in [-0.39, 0.29) is 0 Å². The molecule has 1 heteroatoms. The quantitative estimate of drug-likeness (QED) is 0.709. The Morgan fingerprint density at radius 2 is 2.17 bits per heavy atom. The largest absolute Gasteiger partial charge is 0.110 e. The Morgan fingerprint density at radius 3 is 2.83 bits per heavy atom. The van der Waals surface area contributed by atoms with E-state index in [1.165, 1.54) is 27.2 Å². The van der Waals surface area contributed by atoms with Crippen LogP contribution in [0.25, 0.3) is 17.7 Å². The molecule has 0 bridgehead atoms. The van der Waals surface area contributed by atoms with Crippen molar-refractivity contribution in [3.63, 3.8) is 0 Å². The van der Waals surface area contributed by atoms with Crippen LogP contribution in [0.5, 0.6) is 0 Å². The Balaban J connectivity index is 2.56. The molecule has 0 saturated carbocycles. The van der Waals surface area contributed by atoms with Crippen LogP contribution in [-0.2, 0) is 0 Å². The molecule has 1 unspecified atom stereocenters. The molecular formula is C17H21P. The van der Waals surface area contributed by atoms with Gasteiger partial charge in [-0.3, -0.25) is 0 Å². The highest BCUT2D eigenvalue weighted by atomic mass is 31.0. The summed E-state index contributed by atoms with van der Waals surface area (Å²) in [4.78, 5) is 0. The summed E-state index contributed by atoms with van der Waals surface area (Å²) < 4.78 is 0. The van der Waals surface area contributed by atoms with E-state index in [1.54, 1.807) is 0 Å². The first kappa shape index (κ1) is 13.3. The first-order valence-corrected chi connectivity index (χ1v) is 7.15. The third-order valence-electron chi connectivity index (χ3n) is 3.57. The minimum absolute atomic E-state index is 1.08. The van der Waals surface area contributed by atoms with Crippen LogP contribution in [-0.4, -0.2) is 0 Å². The molecule has 94 valence electrons. The van der Waals surface area contributed by atoms with Crippen molar-refractivity contribution in [1.29, 1.82) is 0 Å². The summed E-state index contributed by atoms with van der Waals surface area (Å²) in [6.45, 7) is 8.52. The van der Waals surface area contributed by atoms with Crippen LogP contribution in [0.1, 0.15) is 38.7 Å². The fourth-order valence-electron chi connectivity index (χ4n) is 2.27. The van der Waals surface area contributed by atoms with Gasteiger partial charge in [0.1, 0.15) is 0 Å². The zero-order chi connectivity index (χ0) is 13.1. The van der Waals surface area contributed by atoms with E-state index in [0.29, 0.717) is 0 Å². The van der Waals surface area contributed by atoms with E-state index in [0.717, 1.165) is 24.5 Å². The number of hydrogen-bond acceptors (Lipinski definition) is 0. The third-order valence-corrected chi connectivity index (χ3v) is 4.03. The second-order valence-electron chi connectivity index (χ2n) is 4.92. The highest BCUT2D eigenvalue weighted by Crippen LogP contribution is 2.27. The van der Waals surface area contributed by atoms with Crippen LogP contribution >= 0.6 is 9.24 Å². The van der Waals surface area contributed by atoms with Crippen molar-refractivity contribution in [2.45, 2.75) is 33.1 Å². The average molecular weight is 256 g/mol. The third kappa shape index (κ3) is 2.82. The summed E-state index contributed by atoms with van der Waals surface area (Å²) in [6, 6.07) is 6.60. The second kappa shape index (κ2) is 5.67. The van der Waals surface area contributed by atoms with Crippen molar-refractivity contribution < 1.29 is 0 Å². The van der Waals surface area contributed by atoms with Crippen molar-refractivity contribution in [3.05, 3.63) is 51.7 Å². The maximum absolute atomic E-state index is 4.13. The van der Waals surface area contributed by atoms with Crippen LogP contribution in [0, 0.1) is 0 Å². The molecule has 1 aromatic rings. The summed E-state index contributed by atoms with van der Waals surface area (Å²) in [7, 11) is 2.83. The van der Waals surface area contributed by atoms with Crippen molar-refractivity contribution in [2.24, 2.45) is 0 Å². The molecule has 1 aromatic carbocycles. The summed E-state index contributed by atoms with van der Waals surface area (Å²) in [5, 5.41) is 3.83. The molecule has 0 radical (unpaired) electrons. The van der Waals surface area contributed by atoms with Gasteiger partial charge in [-0.25, -0.2) is 0 Å². The topological polar surface area (TPSA) is 0 Å². The smallest absolute Gasteiger partial charge is 0.0181 e. The van der Waals surface area contributed by atoms with Gasteiger partial charge in [-0.1, -0.05) is 48.7 Å². The summed E-state index contributed by atoms with van der Waals surface area (Å²) in [5.41, 5.74) is 4.06. The van der Waals surface area contributed by atoms with Crippen molar-refractivity contribution in [2.75, 3.05) is 0 Å². The number of benzene rings is 1. The van der Waals surface area contributed by atoms with Gasteiger partial charge in [-0.05, 0) is 53.8 Å². The lowest BCUT2D eigenvalue weighted by Gasteiger charge is -2.11. The Morgan fingerprint density at radius 1 is 1.39 bits per heavy atom. The average Bonchev–Trinajstić information content (AvgIpc) is 2.38. The van der Waals surface area contributed by atoms with E-state index in [4.69, 9.17) is 0 Å². The van der Waals surface area contributed by atoms with Gasteiger partial charge in [0, 0.05) is 0 Å². The van der Waals surface area contributed by atoms with Crippen LogP contribution in [0.4, 0.5) is 0 Å². The Hall–Kier alpha value is -1.13. The molecule has 0 heterocycles. The predicted octanol–water partition coefficient (Wildman–Crippen LogP) is 3.61.